The van der Waals surface area contributed by atoms with Gasteiger partial charge in [-0.2, -0.15) is 0 Å². The van der Waals surface area contributed by atoms with E-state index in [9.17, 15) is 14.7 Å². The molecule has 0 spiro atoms. The fourth-order valence-electron chi connectivity index (χ4n) is 3.06. The highest BCUT2D eigenvalue weighted by atomic mass is 16.5. The third-order valence-corrected chi connectivity index (χ3v) is 4.57. The van der Waals surface area contributed by atoms with Crippen LogP contribution in [0.5, 0.6) is 5.75 Å². The first-order valence-corrected chi connectivity index (χ1v) is 9.47. The Hall–Kier alpha value is -3.60. The molecule has 29 heavy (non-hydrogen) atoms. The smallest absolute Gasteiger partial charge is 0.335 e. The van der Waals surface area contributed by atoms with Crippen molar-refractivity contribution >= 4 is 11.9 Å². The first kappa shape index (κ1) is 20.1. The minimum atomic E-state index is -0.987. The summed E-state index contributed by atoms with van der Waals surface area (Å²) in [6, 6.07) is 25.5. The Morgan fingerprint density at radius 1 is 0.862 bits per heavy atom. The number of nitrogens with one attached hydrogen (secondary N) is 1. The molecule has 0 aromatic heterocycles. The molecule has 0 bridgehead atoms. The van der Waals surface area contributed by atoms with Crippen LogP contribution in [-0.2, 0) is 11.2 Å². The lowest BCUT2D eigenvalue weighted by Crippen LogP contribution is -2.32. The fourth-order valence-corrected chi connectivity index (χ4v) is 3.06. The van der Waals surface area contributed by atoms with Crippen molar-refractivity contribution in [3.05, 3.63) is 102 Å². The maximum absolute atomic E-state index is 12.6. The van der Waals surface area contributed by atoms with E-state index in [1.807, 2.05) is 60.7 Å². The van der Waals surface area contributed by atoms with E-state index in [1.165, 1.54) is 0 Å². The molecule has 0 saturated carbocycles. The first-order valence-electron chi connectivity index (χ1n) is 9.47. The van der Waals surface area contributed by atoms with Gasteiger partial charge in [-0.25, -0.2) is 4.79 Å². The van der Waals surface area contributed by atoms with Crippen LogP contribution in [0.15, 0.2) is 84.9 Å². The molecule has 3 rings (SSSR count). The van der Waals surface area contributed by atoms with Gasteiger partial charge in [-0.1, -0.05) is 66.7 Å². The molecule has 0 aliphatic rings. The van der Waals surface area contributed by atoms with Gasteiger partial charge < -0.3 is 15.2 Å². The van der Waals surface area contributed by atoms with E-state index in [1.54, 1.807) is 24.3 Å². The predicted octanol–water partition coefficient (Wildman–Crippen LogP) is 4.25. The van der Waals surface area contributed by atoms with Gasteiger partial charge in [0.15, 0.2) is 0 Å². The number of ether oxygens (including phenoxy) is 1. The Labute approximate surface area is 170 Å². The van der Waals surface area contributed by atoms with Crippen molar-refractivity contribution in [3.8, 4) is 5.75 Å². The number of benzene rings is 3. The monoisotopic (exact) mass is 389 g/mol. The zero-order valence-corrected chi connectivity index (χ0v) is 16.0. The van der Waals surface area contributed by atoms with Gasteiger partial charge in [0.1, 0.15) is 12.4 Å². The van der Waals surface area contributed by atoms with Gasteiger partial charge in [-0.15, -0.1) is 0 Å². The average Bonchev–Trinajstić information content (AvgIpc) is 2.76. The van der Waals surface area contributed by atoms with Crippen molar-refractivity contribution in [2.24, 2.45) is 0 Å². The number of para-hydroxylation sites is 1. The number of amides is 1. The summed E-state index contributed by atoms with van der Waals surface area (Å²) in [5.74, 6) is -0.409. The largest absolute Gasteiger partial charge is 0.491 e. The lowest BCUT2D eigenvalue weighted by atomic mass is 10.0. The average molecular weight is 389 g/mol. The molecule has 1 atom stereocenters. The second kappa shape index (κ2) is 10.1. The number of carboxylic acid groups (broad SMARTS) is 1. The van der Waals surface area contributed by atoms with Crippen molar-refractivity contribution in [2.75, 3.05) is 6.61 Å². The summed E-state index contributed by atoms with van der Waals surface area (Å²) in [4.78, 5) is 23.9. The minimum Gasteiger partial charge on any atom is -0.491 e. The van der Waals surface area contributed by atoms with Gasteiger partial charge in [-0.3, -0.25) is 4.79 Å². The van der Waals surface area contributed by atoms with E-state index in [-0.39, 0.29) is 23.9 Å². The molecular formula is C24H23NO4. The zero-order chi connectivity index (χ0) is 20.5. The van der Waals surface area contributed by atoms with E-state index in [2.05, 4.69) is 5.32 Å². The van der Waals surface area contributed by atoms with Crippen molar-refractivity contribution in [1.29, 1.82) is 0 Å². The predicted molar refractivity (Wildman–Crippen MR) is 111 cm³/mol. The van der Waals surface area contributed by atoms with Crippen LogP contribution >= 0.6 is 0 Å². The highest BCUT2D eigenvalue weighted by Gasteiger charge is 2.17. The van der Waals surface area contributed by atoms with Gasteiger partial charge in [0, 0.05) is 6.42 Å². The molecule has 1 unspecified atom stereocenters. The maximum atomic E-state index is 12.6. The van der Waals surface area contributed by atoms with E-state index < -0.39 is 5.97 Å². The van der Waals surface area contributed by atoms with E-state index in [4.69, 9.17) is 4.74 Å². The molecule has 0 aliphatic carbocycles. The number of hydrogen-bond donors (Lipinski definition) is 2. The third kappa shape index (κ3) is 5.94. The Balaban J connectivity index is 1.64. The van der Waals surface area contributed by atoms with Gasteiger partial charge >= 0.3 is 5.97 Å². The molecule has 1 amide bonds. The molecule has 0 aliphatic heterocycles. The maximum Gasteiger partial charge on any atom is 0.335 e. The number of carbonyl (C=O) groups is 2. The summed E-state index contributed by atoms with van der Waals surface area (Å²) in [5, 5.41) is 12.3. The number of carboxylic acids is 1. The van der Waals surface area contributed by atoms with Crippen LogP contribution in [0, 0.1) is 0 Å². The van der Waals surface area contributed by atoms with Crippen LogP contribution in [0.1, 0.15) is 33.9 Å². The molecular weight excluding hydrogens is 366 g/mol. The Kier molecular flexibility index (Phi) is 7.00. The second-order valence-corrected chi connectivity index (χ2v) is 6.62. The zero-order valence-electron chi connectivity index (χ0n) is 16.0. The Bertz CT molecular complexity index is 941. The summed E-state index contributed by atoms with van der Waals surface area (Å²) in [6.45, 7) is 0.297. The molecule has 2 N–H and O–H groups in total. The van der Waals surface area contributed by atoms with E-state index in [0.29, 0.717) is 18.6 Å². The van der Waals surface area contributed by atoms with Crippen molar-refractivity contribution in [3.63, 3.8) is 0 Å². The van der Waals surface area contributed by atoms with E-state index >= 15 is 0 Å². The van der Waals surface area contributed by atoms with Gasteiger partial charge in [-0.05, 0) is 35.7 Å². The first-order chi connectivity index (χ1) is 14.1. The standard InChI is InChI=1S/C24H23NO4/c26-23(16-15-18-9-7-8-14-21(18)24(27)28)25-22(19-10-3-1-4-11-19)17-29-20-12-5-2-6-13-20/h1-14,22H,15-17H2,(H,25,26)(H,27,28). The van der Waals surface area contributed by atoms with Crippen LogP contribution < -0.4 is 10.1 Å². The Morgan fingerprint density at radius 2 is 1.48 bits per heavy atom. The van der Waals surface area contributed by atoms with Crippen molar-refractivity contribution in [2.45, 2.75) is 18.9 Å². The minimum absolute atomic E-state index is 0.157. The molecule has 0 heterocycles. The summed E-state index contributed by atoms with van der Waals surface area (Å²) >= 11 is 0. The molecule has 5 heteroatoms. The molecule has 0 fully saturated rings. The molecule has 0 saturated heterocycles. The Morgan fingerprint density at radius 3 is 2.17 bits per heavy atom. The molecule has 0 radical (unpaired) electrons. The second-order valence-electron chi connectivity index (χ2n) is 6.62. The van der Waals surface area contributed by atoms with Crippen LogP contribution in [-0.4, -0.2) is 23.6 Å². The third-order valence-electron chi connectivity index (χ3n) is 4.57. The highest BCUT2D eigenvalue weighted by molar-refractivity contribution is 5.89. The molecule has 148 valence electrons. The van der Waals surface area contributed by atoms with Crippen molar-refractivity contribution in [1.82, 2.24) is 5.32 Å². The van der Waals surface area contributed by atoms with E-state index in [0.717, 1.165) is 11.3 Å². The molecule has 3 aromatic carbocycles. The number of hydrogen-bond acceptors (Lipinski definition) is 3. The SMILES string of the molecule is O=C(CCc1ccccc1C(=O)O)NC(COc1ccccc1)c1ccccc1. The van der Waals surface area contributed by atoms with Crippen LogP contribution in [0.4, 0.5) is 0 Å². The van der Waals surface area contributed by atoms with Gasteiger partial charge in [0.25, 0.3) is 0 Å². The number of aromatic carboxylic acids is 1. The topological polar surface area (TPSA) is 75.6 Å². The summed E-state index contributed by atoms with van der Waals surface area (Å²) in [6.07, 6.45) is 0.550. The highest BCUT2D eigenvalue weighted by Crippen LogP contribution is 2.17. The number of aryl methyl sites for hydroxylation is 1. The van der Waals surface area contributed by atoms with Gasteiger partial charge in [0.2, 0.25) is 5.91 Å². The van der Waals surface area contributed by atoms with Crippen LogP contribution in [0.25, 0.3) is 0 Å². The summed E-state index contributed by atoms with van der Waals surface area (Å²) in [5.41, 5.74) is 1.82. The number of rotatable bonds is 9. The summed E-state index contributed by atoms with van der Waals surface area (Å²) < 4.78 is 5.84. The summed E-state index contributed by atoms with van der Waals surface area (Å²) in [7, 11) is 0. The molecule has 5 nitrogen and oxygen atoms in total. The normalized spacial score (nSPS) is 11.4. The van der Waals surface area contributed by atoms with Crippen LogP contribution in [0.2, 0.25) is 0 Å². The molecule has 3 aromatic rings. The van der Waals surface area contributed by atoms with Crippen LogP contribution in [0.3, 0.4) is 0 Å². The number of carbonyl (C=O) groups excluding carboxylic acids is 1. The lowest BCUT2D eigenvalue weighted by Gasteiger charge is -2.20. The van der Waals surface area contributed by atoms with Crippen molar-refractivity contribution < 1.29 is 19.4 Å². The lowest BCUT2D eigenvalue weighted by molar-refractivity contribution is -0.122. The van der Waals surface area contributed by atoms with Gasteiger partial charge in [0.05, 0.1) is 11.6 Å². The quantitative estimate of drug-likeness (QED) is 0.574. The fraction of sp³-hybridized carbons (Fsp3) is 0.167.